The van der Waals surface area contributed by atoms with Crippen LogP contribution in [0, 0.1) is 0 Å². The number of rotatable bonds is 2. The predicted octanol–water partition coefficient (Wildman–Crippen LogP) is 0.415. The third-order valence-electron chi connectivity index (χ3n) is 0.222. The smallest absolute Gasteiger partial charge is 0.284 e. The molecule has 0 aliphatic heterocycles. The van der Waals surface area contributed by atoms with Gasteiger partial charge >= 0.3 is 11.4 Å². The maximum absolute atomic E-state index is 9.65. The van der Waals surface area contributed by atoms with E-state index in [4.69, 9.17) is 4.55 Å². The van der Waals surface area contributed by atoms with Gasteiger partial charge in [0.1, 0.15) is 5.44 Å². The lowest BCUT2D eigenvalue weighted by Gasteiger charge is -1.96. The van der Waals surface area contributed by atoms with Crippen LogP contribution in [0.5, 0.6) is 0 Å². The third kappa shape index (κ3) is 6.42. The Hall–Kier alpha value is 0.420. The Morgan fingerprint density at radius 1 is 2.00 bits per heavy atom. The van der Waals surface area contributed by atoms with Gasteiger partial charge in [-0.25, -0.2) is 0 Å². The van der Waals surface area contributed by atoms with Gasteiger partial charge < -0.3 is 0 Å². The minimum absolute atomic E-state index is 0.481. The Balaban J connectivity index is 3.13. The van der Waals surface area contributed by atoms with Crippen LogP contribution in [0.3, 0.4) is 0 Å². The molecule has 0 aliphatic carbocycles. The van der Waals surface area contributed by atoms with Gasteiger partial charge in [0, 0.05) is 0 Å². The van der Waals surface area contributed by atoms with E-state index in [0.29, 0.717) is 0 Å². The molecule has 0 heterocycles. The van der Waals surface area contributed by atoms with Crippen molar-refractivity contribution in [3.05, 3.63) is 0 Å². The van der Waals surface area contributed by atoms with Crippen molar-refractivity contribution < 1.29 is 12.9 Å². The molecule has 0 fully saturated rings. The fourth-order valence-corrected chi connectivity index (χ4v) is 0.578. The first-order valence-corrected chi connectivity index (χ1v) is 3.14. The summed E-state index contributed by atoms with van der Waals surface area (Å²) >= 11 is 1.49. The van der Waals surface area contributed by atoms with Crippen LogP contribution in [0.15, 0.2) is 0 Å². The van der Waals surface area contributed by atoms with E-state index in [1.54, 1.807) is 6.92 Å². The lowest BCUT2D eigenvalue weighted by Crippen LogP contribution is -2.00. The normalized spacial score (nSPS) is 18.7. The van der Waals surface area contributed by atoms with Crippen molar-refractivity contribution in [3.63, 3.8) is 0 Å². The van der Waals surface area contributed by atoms with Crippen LogP contribution in [0.25, 0.3) is 0 Å². The van der Waals surface area contributed by atoms with E-state index in [0.717, 1.165) is 0 Å². The molecule has 5 heteroatoms. The van der Waals surface area contributed by atoms with Gasteiger partial charge in [0.25, 0.3) is 0 Å². The second-order valence-electron chi connectivity index (χ2n) is 0.913. The minimum atomic E-state index is -2.17. The fourth-order valence-electron chi connectivity index (χ4n) is 0.119. The van der Waals surface area contributed by atoms with Crippen LogP contribution >= 0.6 is 12.6 Å². The fraction of sp³-hybridized carbons (Fsp3) is 1.00. The van der Waals surface area contributed by atoms with Gasteiger partial charge in [-0.15, -0.1) is 12.6 Å². The highest BCUT2D eigenvalue weighted by Gasteiger charge is 1.95. The van der Waals surface area contributed by atoms with Crippen LogP contribution in [-0.4, -0.2) is 14.2 Å². The molecule has 0 spiro atoms. The monoisotopic (exact) mass is 142 g/mol. The average molecular weight is 142 g/mol. The summed E-state index contributed by atoms with van der Waals surface area (Å²) in [5, 5.41) is 0. The quantitative estimate of drug-likeness (QED) is 0.333. The highest BCUT2D eigenvalue weighted by atomic mass is 32.2. The van der Waals surface area contributed by atoms with E-state index in [1.807, 2.05) is 0 Å². The Kier molecular flexibility index (Phi) is 3.63. The molecule has 1 N–H and O–H groups in total. The molecule has 44 valence electrons. The Morgan fingerprint density at radius 2 is 2.43 bits per heavy atom. The summed E-state index contributed by atoms with van der Waals surface area (Å²) in [5.74, 6) is 0. The van der Waals surface area contributed by atoms with Crippen molar-refractivity contribution in [2.24, 2.45) is 0 Å². The first-order valence-electron chi connectivity index (χ1n) is 1.59. The van der Waals surface area contributed by atoms with Crippen molar-refractivity contribution in [2.45, 2.75) is 12.4 Å². The van der Waals surface area contributed by atoms with Gasteiger partial charge in [0.2, 0.25) is 0 Å². The molecule has 0 rings (SSSR count). The summed E-state index contributed by atoms with van der Waals surface area (Å²) in [4.78, 5) is 0. The molecule has 0 aromatic carbocycles. The molecule has 0 bridgehead atoms. The van der Waals surface area contributed by atoms with Gasteiger partial charge in [-0.2, -0.15) is 4.21 Å². The Bertz CT molecular complexity index is 71.3. The Labute approximate surface area is 50.0 Å². The van der Waals surface area contributed by atoms with E-state index >= 15 is 0 Å². The van der Waals surface area contributed by atoms with E-state index in [1.165, 1.54) is 0 Å². The van der Waals surface area contributed by atoms with Crippen molar-refractivity contribution in [2.75, 3.05) is 0 Å². The minimum Gasteiger partial charge on any atom is -0.284 e. The van der Waals surface area contributed by atoms with Crippen LogP contribution in [0.1, 0.15) is 6.92 Å². The van der Waals surface area contributed by atoms with Crippen LogP contribution in [0.4, 0.5) is 0 Å². The maximum atomic E-state index is 9.65. The second-order valence-corrected chi connectivity index (χ2v) is 2.27. The highest BCUT2D eigenvalue weighted by molar-refractivity contribution is 7.82. The van der Waals surface area contributed by atoms with Gasteiger partial charge in [-0.1, -0.05) is 0 Å². The van der Waals surface area contributed by atoms with E-state index in [-0.39, 0.29) is 0 Å². The zero-order chi connectivity index (χ0) is 5.86. The molecule has 0 amide bonds. The molecule has 0 aliphatic rings. The average Bonchev–Trinajstić information content (AvgIpc) is 1.27. The number of hydrogen-bond acceptors (Lipinski definition) is 3. The van der Waals surface area contributed by atoms with Crippen LogP contribution < -0.4 is 0 Å². The summed E-state index contributed by atoms with van der Waals surface area (Å²) in [5.41, 5.74) is -0.481. The van der Waals surface area contributed by atoms with Crippen molar-refractivity contribution in [3.8, 4) is 0 Å². The summed E-state index contributed by atoms with van der Waals surface area (Å²) < 4.78 is 21.7. The highest BCUT2D eigenvalue weighted by Crippen LogP contribution is 1.94. The predicted molar refractivity (Wildman–Crippen MR) is 30.3 cm³/mol. The first-order chi connectivity index (χ1) is 3.13. The SMILES string of the molecule is CC(S)OS(=O)O. The summed E-state index contributed by atoms with van der Waals surface area (Å²) in [6.07, 6.45) is 0. The molecule has 7 heavy (non-hydrogen) atoms. The van der Waals surface area contributed by atoms with Crippen LogP contribution in [0.2, 0.25) is 0 Å². The zero-order valence-electron chi connectivity index (χ0n) is 3.70. The van der Waals surface area contributed by atoms with Crippen molar-refractivity contribution in [1.29, 1.82) is 0 Å². The summed E-state index contributed by atoms with van der Waals surface area (Å²) in [6, 6.07) is 0. The summed E-state index contributed by atoms with van der Waals surface area (Å²) in [7, 11) is 0. The van der Waals surface area contributed by atoms with E-state index in [9.17, 15) is 4.21 Å². The zero-order valence-corrected chi connectivity index (χ0v) is 5.41. The topological polar surface area (TPSA) is 46.5 Å². The molecule has 2 unspecified atom stereocenters. The van der Waals surface area contributed by atoms with Gasteiger partial charge in [-0.05, 0) is 6.92 Å². The maximum Gasteiger partial charge on any atom is 0.302 e. The molecule has 0 saturated heterocycles. The molecule has 0 saturated carbocycles. The van der Waals surface area contributed by atoms with Gasteiger partial charge in [-0.3, -0.25) is 8.74 Å². The molecule has 3 nitrogen and oxygen atoms in total. The lowest BCUT2D eigenvalue weighted by atomic mass is 10.9. The lowest BCUT2D eigenvalue weighted by molar-refractivity contribution is 0.300. The first kappa shape index (κ1) is 7.42. The second kappa shape index (κ2) is 3.43. The molecule has 0 radical (unpaired) electrons. The third-order valence-corrected chi connectivity index (χ3v) is 0.923. The van der Waals surface area contributed by atoms with Crippen molar-refractivity contribution in [1.82, 2.24) is 0 Å². The summed E-state index contributed by atoms with van der Waals surface area (Å²) in [6.45, 7) is 1.55. The molecule has 0 aromatic rings. The number of hydrogen-bond donors (Lipinski definition) is 2. The molecule has 0 aromatic heterocycles. The van der Waals surface area contributed by atoms with Gasteiger partial charge in [0.15, 0.2) is 0 Å². The number of thiol groups is 1. The van der Waals surface area contributed by atoms with Crippen LogP contribution in [-0.2, 0) is 15.5 Å². The van der Waals surface area contributed by atoms with Gasteiger partial charge in [0.05, 0.1) is 0 Å². The van der Waals surface area contributed by atoms with Crippen molar-refractivity contribution >= 4 is 24.0 Å². The Morgan fingerprint density at radius 3 is 2.43 bits per heavy atom. The van der Waals surface area contributed by atoms with E-state index in [2.05, 4.69) is 16.8 Å². The largest absolute Gasteiger partial charge is 0.302 e. The molecular weight excluding hydrogens is 136 g/mol. The molecule has 2 atom stereocenters. The molecular formula is C2H6O3S2. The standard InChI is InChI=1S/C2H6O3S2/c1-2(6)5-7(3)4/h2,6H,1H3,(H,3,4). The van der Waals surface area contributed by atoms with E-state index < -0.39 is 16.8 Å².